The smallest absolute Gasteiger partial charge is 0.388 e. The normalized spacial score (nSPS) is 25.9. The van der Waals surface area contributed by atoms with Gasteiger partial charge in [0.2, 0.25) is 27.8 Å². The van der Waals surface area contributed by atoms with Crippen molar-refractivity contribution in [3.63, 3.8) is 0 Å². The van der Waals surface area contributed by atoms with Crippen LogP contribution in [0, 0.1) is 11.6 Å². The van der Waals surface area contributed by atoms with Crippen molar-refractivity contribution in [2.75, 3.05) is 72.9 Å². The number of imide groups is 1. The summed E-state index contributed by atoms with van der Waals surface area (Å²) in [5, 5.41) is 18.2. The molecule has 15 nitrogen and oxygen atoms in total. The van der Waals surface area contributed by atoms with Gasteiger partial charge in [-0.2, -0.15) is 18.2 Å². The summed E-state index contributed by atoms with van der Waals surface area (Å²) in [6, 6.07) is 5.51. The molecule has 0 bridgehead atoms. The first-order valence-electron chi connectivity index (χ1n) is 19.5. The van der Waals surface area contributed by atoms with E-state index >= 15 is 13.2 Å². The first-order chi connectivity index (χ1) is 28.3. The van der Waals surface area contributed by atoms with E-state index in [1.54, 1.807) is 17.0 Å². The minimum absolute atomic E-state index is 0.0786. The molecular formula is C38H45F6N9O6S. The fourth-order valence-corrected chi connectivity index (χ4v) is 9.22. The SMILES string of the molecule is C[C@]1(O)CCCN(c2nc(Nc3ccc(S(=O)(=O)N[C@@H]4CCN(CC5CN(c6ccc(NC7CCC(=O)NC7=O)cc6F)CCO5)C[C@@H]4F)cc3F)ncc2C(F)(F)F)C1. The van der Waals surface area contributed by atoms with Crippen molar-refractivity contribution >= 4 is 50.7 Å². The van der Waals surface area contributed by atoms with Crippen LogP contribution in [0.15, 0.2) is 47.5 Å². The van der Waals surface area contributed by atoms with Gasteiger partial charge in [0.05, 0.1) is 40.6 Å². The summed E-state index contributed by atoms with van der Waals surface area (Å²) < 4.78 is 123. The lowest BCUT2D eigenvalue weighted by molar-refractivity contribution is -0.138. The Morgan fingerprint density at radius 2 is 1.83 bits per heavy atom. The van der Waals surface area contributed by atoms with E-state index in [0.717, 1.165) is 12.1 Å². The van der Waals surface area contributed by atoms with Crippen LogP contribution < -0.4 is 30.5 Å². The number of halogens is 6. The van der Waals surface area contributed by atoms with Crippen molar-refractivity contribution in [3.05, 3.63) is 59.8 Å². The first-order valence-corrected chi connectivity index (χ1v) is 20.9. The number of anilines is 5. The molecule has 4 aliphatic heterocycles. The Morgan fingerprint density at radius 1 is 1.03 bits per heavy atom. The second-order valence-corrected chi connectivity index (χ2v) is 17.5. The van der Waals surface area contributed by atoms with E-state index < -0.39 is 85.9 Å². The van der Waals surface area contributed by atoms with Gasteiger partial charge >= 0.3 is 6.18 Å². The summed E-state index contributed by atoms with van der Waals surface area (Å²) in [6.07, 6.45) is -4.99. The van der Waals surface area contributed by atoms with Crippen LogP contribution in [-0.2, 0) is 30.5 Å². The number of sulfonamides is 1. The number of nitrogens with zero attached hydrogens (tertiary/aromatic N) is 5. The fourth-order valence-electron chi connectivity index (χ4n) is 7.92. The third kappa shape index (κ3) is 10.2. The second kappa shape index (κ2) is 17.3. The van der Waals surface area contributed by atoms with Gasteiger partial charge in [0, 0.05) is 57.6 Å². The summed E-state index contributed by atoms with van der Waals surface area (Å²) in [5.74, 6) is -3.33. The fraction of sp³-hybridized carbons (Fsp3) is 0.526. The van der Waals surface area contributed by atoms with E-state index in [2.05, 4.69) is 30.6 Å². The Bertz CT molecular complexity index is 2200. The van der Waals surface area contributed by atoms with Crippen molar-refractivity contribution < 1.29 is 54.2 Å². The third-order valence-electron chi connectivity index (χ3n) is 10.9. The molecule has 60 heavy (non-hydrogen) atoms. The zero-order valence-corrected chi connectivity index (χ0v) is 33.3. The minimum Gasteiger partial charge on any atom is -0.388 e. The number of alkyl halides is 4. The lowest BCUT2D eigenvalue weighted by atomic mass is 9.95. The number of ether oxygens (including phenoxy) is 1. The number of aliphatic hydroxyl groups is 1. The van der Waals surface area contributed by atoms with E-state index in [4.69, 9.17) is 4.74 Å². The summed E-state index contributed by atoms with van der Waals surface area (Å²) in [4.78, 5) is 35.6. The number of carbonyl (C=O) groups is 2. The molecule has 4 aliphatic rings. The Morgan fingerprint density at radius 3 is 2.53 bits per heavy atom. The molecule has 3 aromatic rings. The topological polar surface area (TPSA) is 181 Å². The number of hydrogen-bond acceptors (Lipinski definition) is 13. The molecule has 4 saturated heterocycles. The second-order valence-electron chi connectivity index (χ2n) is 15.8. The maximum atomic E-state index is 15.5. The standard InChI is InChI=1S/C38H45F6N9O6S/c1-37(56)10-2-11-53(21-37)34-25(38(42,43)44)17-45-36(49-34)47-29-5-4-24(16-26(29)39)60(57,58)50-30-9-12-51(20-28(30)41)18-23-19-52(13-14-59-23)32-7-3-22(15-27(32)40)46-31-6-8-33(54)48-35(31)55/h3-5,7,15-17,23,28,30-31,46,50,56H,2,6,8-14,18-21H2,1H3,(H,45,47,49)(H,48,54,55)/t23?,28-,30+,31?,37-/m0/s1. The van der Waals surface area contributed by atoms with Crippen LogP contribution in [-0.4, -0.2) is 123 Å². The highest BCUT2D eigenvalue weighted by Gasteiger charge is 2.40. The van der Waals surface area contributed by atoms with E-state index in [9.17, 15) is 36.3 Å². The average Bonchev–Trinajstić information content (AvgIpc) is 3.17. The van der Waals surface area contributed by atoms with E-state index in [1.165, 1.54) is 17.9 Å². The zero-order valence-electron chi connectivity index (χ0n) is 32.4. The van der Waals surface area contributed by atoms with Crippen LogP contribution in [0.5, 0.6) is 0 Å². The zero-order chi connectivity index (χ0) is 43.0. The number of aromatic nitrogens is 2. The minimum atomic E-state index is -4.81. The van der Waals surface area contributed by atoms with Gasteiger partial charge in [-0.1, -0.05) is 0 Å². The summed E-state index contributed by atoms with van der Waals surface area (Å²) in [5.41, 5.74) is -2.02. The molecule has 0 spiro atoms. The van der Waals surface area contributed by atoms with E-state index in [0.29, 0.717) is 56.1 Å². The monoisotopic (exact) mass is 869 g/mol. The number of carbonyl (C=O) groups excluding carboxylic acids is 2. The maximum absolute atomic E-state index is 15.5. The maximum Gasteiger partial charge on any atom is 0.421 e. The van der Waals surface area contributed by atoms with Crippen molar-refractivity contribution in [2.24, 2.45) is 0 Å². The van der Waals surface area contributed by atoms with Crippen LogP contribution in [0.3, 0.4) is 0 Å². The van der Waals surface area contributed by atoms with Gasteiger partial charge < -0.3 is 30.3 Å². The Labute approximate surface area is 341 Å². The van der Waals surface area contributed by atoms with Gasteiger partial charge in [0.1, 0.15) is 35.2 Å². The Hall–Kier alpha value is -4.77. The molecule has 2 unspecified atom stereocenters. The predicted molar refractivity (Wildman–Crippen MR) is 207 cm³/mol. The van der Waals surface area contributed by atoms with Crippen LogP contribution in [0.1, 0.15) is 44.6 Å². The molecule has 5 heterocycles. The quantitative estimate of drug-likeness (QED) is 0.139. The van der Waals surface area contributed by atoms with Crippen molar-refractivity contribution in [2.45, 2.75) is 80.1 Å². The van der Waals surface area contributed by atoms with Crippen molar-refractivity contribution in [1.29, 1.82) is 0 Å². The lowest BCUT2D eigenvalue weighted by Crippen LogP contribution is -2.55. The van der Waals surface area contributed by atoms with Crippen LogP contribution in [0.4, 0.5) is 55.2 Å². The van der Waals surface area contributed by atoms with Gasteiger partial charge in [-0.05, 0) is 75.5 Å². The molecule has 1 aromatic heterocycles. The number of likely N-dealkylation sites (tertiary alicyclic amines) is 1. The highest BCUT2D eigenvalue weighted by Crippen LogP contribution is 2.38. The Kier molecular flexibility index (Phi) is 12.5. The Balaban J connectivity index is 0.928. The number of benzene rings is 2. The molecule has 5 atom stereocenters. The van der Waals surface area contributed by atoms with Gasteiger partial charge in [-0.15, -0.1) is 0 Å². The molecular weight excluding hydrogens is 825 g/mol. The van der Waals surface area contributed by atoms with Crippen molar-refractivity contribution in [1.82, 2.24) is 24.9 Å². The van der Waals surface area contributed by atoms with E-state index in [-0.39, 0.29) is 63.6 Å². The lowest BCUT2D eigenvalue weighted by Gasteiger charge is -2.40. The largest absolute Gasteiger partial charge is 0.421 e. The van der Waals surface area contributed by atoms with Gasteiger partial charge in [-0.3, -0.25) is 19.8 Å². The van der Waals surface area contributed by atoms with Gasteiger partial charge in [0.15, 0.2) is 0 Å². The molecule has 22 heteroatoms. The summed E-state index contributed by atoms with van der Waals surface area (Å²) in [7, 11) is -4.43. The molecule has 0 radical (unpaired) electrons. The number of β-amino-alcohol motifs (C(OH)–C–C–N with tert-alkyl or cyclic N) is 1. The molecule has 5 N–H and O–H groups in total. The van der Waals surface area contributed by atoms with E-state index in [1.807, 2.05) is 4.90 Å². The highest BCUT2D eigenvalue weighted by molar-refractivity contribution is 7.89. The number of piperidine rings is 3. The van der Waals surface area contributed by atoms with Crippen LogP contribution in [0.25, 0.3) is 0 Å². The summed E-state index contributed by atoms with van der Waals surface area (Å²) in [6.45, 7) is 2.99. The molecule has 0 aliphatic carbocycles. The summed E-state index contributed by atoms with van der Waals surface area (Å²) >= 11 is 0. The number of amides is 2. The van der Waals surface area contributed by atoms with Gasteiger partial charge in [0.25, 0.3) is 0 Å². The van der Waals surface area contributed by atoms with Gasteiger partial charge in [-0.25, -0.2) is 31.3 Å². The highest BCUT2D eigenvalue weighted by atomic mass is 32.2. The first kappa shape index (κ1) is 43.3. The number of morpholine rings is 1. The molecule has 4 fully saturated rings. The van der Waals surface area contributed by atoms with Crippen LogP contribution in [0.2, 0.25) is 0 Å². The average molecular weight is 870 g/mol. The molecule has 2 amide bonds. The van der Waals surface area contributed by atoms with Crippen molar-refractivity contribution in [3.8, 4) is 0 Å². The molecule has 2 aromatic carbocycles. The number of nitrogens with one attached hydrogen (secondary N) is 4. The molecule has 326 valence electrons. The molecule has 7 rings (SSSR count). The predicted octanol–water partition coefficient (Wildman–Crippen LogP) is 3.68. The molecule has 0 saturated carbocycles. The number of hydrogen-bond donors (Lipinski definition) is 5. The number of rotatable bonds is 11. The van der Waals surface area contributed by atoms with Crippen LogP contribution >= 0.6 is 0 Å². The third-order valence-corrected chi connectivity index (χ3v) is 12.4.